The van der Waals surface area contributed by atoms with E-state index in [9.17, 15) is 27.6 Å². The molecule has 2 N–H and O–H groups in total. The van der Waals surface area contributed by atoms with Crippen molar-refractivity contribution in [2.45, 2.75) is 101 Å². The van der Waals surface area contributed by atoms with E-state index >= 15 is 0 Å². The number of fused-ring (bicyclic) bond motifs is 1. The lowest BCUT2D eigenvalue weighted by Gasteiger charge is -2.35. The summed E-state index contributed by atoms with van der Waals surface area (Å²) in [4.78, 5) is 54.9. The van der Waals surface area contributed by atoms with Gasteiger partial charge in [-0.15, -0.1) is 0 Å². The van der Waals surface area contributed by atoms with Crippen molar-refractivity contribution in [2.24, 2.45) is 23.2 Å². The van der Waals surface area contributed by atoms with Crippen LogP contribution in [0, 0.1) is 23.2 Å². The Morgan fingerprint density at radius 3 is 2.24 bits per heavy atom. The first kappa shape index (κ1) is 33.6. The molecule has 0 aromatic heterocycles. The van der Waals surface area contributed by atoms with Crippen LogP contribution in [-0.4, -0.2) is 80.7 Å². The lowest BCUT2D eigenvalue weighted by molar-refractivity contribution is -0.148. The average Bonchev–Trinajstić information content (AvgIpc) is 3.78. The van der Waals surface area contributed by atoms with E-state index in [-0.39, 0.29) is 29.9 Å². The number of carbonyl (C=O) groups excluding carboxylic acids is 4. The van der Waals surface area contributed by atoms with Crippen LogP contribution in [0.4, 0.5) is 4.79 Å². The van der Waals surface area contributed by atoms with Crippen LogP contribution in [0.2, 0.25) is 0 Å². The molecule has 1 heterocycles. The topological polar surface area (TPSA) is 157 Å². The van der Waals surface area contributed by atoms with Gasteiger partial charge in [0, 0.05) is 17.4 Å². The van der Waals surface area contributed by atoms with Gasteiger partial charge in [0.15, 0.2) is 0 Å². The molecular formula is C31H42BrN3O9S. The summed E-state index contributed by atoms with van der Waals surface area (Å²) in [7, 11) is -3.00. The molecule has 4 fully saturated rings. The quantitative estimate of drug-likeness (QED) is 0.274. The monoisotopic (exact) mass is 711 g/mol. The Balaban J connectivity index is 1.37. The molecule has 2 unspecified atom stereocenters. The molecule has 12 nitrogen and oxygen atoms in total. The number of amides is 3. The summed E-state index contributed by atoms with van der Waals surface area (Å²) in [6.45, 7) is 7.00. The molecule has 45 heavy (non-hydrogen) atoms. The smallest absolute Gasteiger partial charge is 0.408 e. The van der Waals surface area contributed by atoms with Gasteiger partial charge in [0.2, 0.25) is 11.8 Å². The number of esters is 1. The zero-order valence-electron chi connectivity index (χ0n) is 26.2. The highest BCUT2D eigenvalue weighted by atomic mass is 79.9. The molecule has 14 heteroatoms. The SMILES string of the molecule is CC[C@@H]1CC1(NC(=O)[C@@H]1C[C@@H](OS(=O)(=O)c2ccc(Br)cc2)CN1C(=O)[C@@H](NC(=O)OC1C[C@@H]2C[C@@H]2C1)C(C)(C)C)C(=O)OC. The number of nitrogens with one attached hydrogen (secondary N) is 2. The van der Waals surface area contributed by atoms with Crippen molar-refractivity contribution in [1.82, 2.24) is 15.5 Å². The number of halogens is 1. The number of alkyl carbamates (subject to hydrolysis) is 1. The maximum Gasteiger partial charge on any atom is 0.408 e. The molecule has 3 amide bonds. The third-order valence-electron chi connectivity index (χ3n) is 9.56. The standard InChI is InChI=1S/C31H42BrN3O9S/c1-6-19-15-31(19,28(38)42-5)34-26(36)24-14-22(44-45(40,41)23-9-7-20(32)8-10-23)16-35(24)27(37)25(30(2,3)4)33-29(39)43-21-12-17-11-18(17)13-21/h7-10,17-19,21-22,24-25H,6,11-16H2,1-5H3,(H,33,39)(H,34,36)/t17-,18+,19-,21?,22-,24+,25-,31?/m1/s1. The fourth-order valence-electron chi connectivity index (χ4n) is 6.83. The summed E-state index contributed by atoms with van der Waals surface area (Å²) in [5.41, 5.74) is -2.01. The van der Waals surface area contributed by atoms with Crippen molar-refractivity contribution < 1.29 is 41.3 Å². The Hall–Kier alpha value is -2.71. The van der Waals surface area contributed by atoms with Gasteiger partial charge in [0.25, 0.3) is 10.1 Å². The van der Waals surface area contributed by atoms with Crippen molar-refractivity contribution in [1.29, 1.82) is 0 Å². The van der Waals surface area contributed by atoms with E-state index in [1.54, 1.807) is 32.9 Å². The third kappa shape index (κ3) is 7.17. The molecule has 0 bridgehead atoms. The number of likely N-dealkylation sites (tertiary alicyclic amines) is 1. The number of benzene rings is 1. The zero-order chi connectivity index (χ0) is 32.9. The minimum atomic E-state index is -4.25. The number of hydrogen-bond donors (Lipinski definition) is 2. The van der Waals surface area contributed by atoms with Crippen LogP contribution in [0.15, 0.2) is 33.6 Å². The maximum atomic E-state index is 14.2. The first-order chi connectivity index (χ1) is 21.1. The van der Waals surface area contributed by atoms with Gasteiger partial charge < -0.3 is 25.0 Å². The minimum absolute atomic E-state index is 0.0774. The average molecular weight is 713 g/mol. The molecule has 248 valence electrons. The van der Waals surface area contributed by atoms with Crippen LogP contribution in [0.1, 0.15) is 66.2 Å². The highest BCUT2D eigenvalue weighted by Crippen LogP contribution is 2.52. The Labute approximate surface area is 272 Å². The zero-order valence-corrected chi connectivity index (χ0v) is 28.6. The number of methoxy groups -OCH3 is 1. The van der Waals surface area contributed by atoms with E-state index in [1.165, 1.54) is 30.6 Å². The van der Waals surface area contributed by atoms with Crippen molar-refractivity contribution >= 4 is 49.9 Å². The summed E-state index contributed by atoms with van der Waals surface area (Å²) in [6.07, 6.45) is 1.69. The van der Waals surface area contributed by atoms with E-state index in [0.717, 1.165) is 12.8 Å². The van der Waals surface area contributed by atoms with Gasteiger partial charge in [-0.1, -0.05) is 50.0 Å². The molecule has 3 saturated carbocycles. The maximum absolute atomic E-state index is 14.2. The lowest BCUT2D eigenvalue weighted by atomic mass is 9.85. The molecule has 0 spiro atoms. The minimum Gasteiger partial charge on any atom is -0.467 e. The first-order valence-corrected chi connectivity index (χ1v) is 17.6. The van der Waals surface area contributed by atoms with Gasteiger partial charge in [0.05, 0.1) is 18.1 Å². The Morgan fingerprint density at radius 1 is 1.04 bits per heavy atom. The largest absolute Gasteiger partial charge is 0.467 e. The molecule has 8 atom stereocenters. The predicted octanol–water partition coefficient (Wildman–Crippen LogP) is 3.52. The number of nitrogens with zero attached hydrogens (tertiary/aromatic N) is 1. The molecule has 1 saturated heterocycles. The van der Waals surface area contributed by atoms with Crippen LogP contribution in [0.5, 0.6) is 0 Å². The molecule has 1 aromatic carbocycles. The molecule has 0 radical (unpaired) electrons. The van der Waals surface area contributed by atoms with E-state index in [1.807, 2.05) is 6.92 Å². The Kier molecular flexibility index (Phi) is 9.33. The summed E-state index contributed by atoms with van der Waals surface area (Å²) in [5.74, 6) is -0.725. The summed E-state index contributed by atoms with van der Waals surface area (Å²) >= 11 is 3.28. The van der Waals surface area contributed by atoms with Gasteiger partial charge in [-0.3, -0.25) is 13.8 Å². The van der Waals surface area contributed by atoms with Crippen molar-refractivity contribution in [3.05, 3.63) is 28.7 Å². The van der Waals surface area contributed by atoms with E-state index in [0.29, 0.717) is 29.2 Å². The number of carbonyl (C=O) groups is 4. The molecule has 3 aliphatic carbocycles. The van der Waals surface area contributed by atoms with Crippen LogP contribution >= 0.6 is 15.9 Å². The van der Waals surface area contributed by atoms with Crippen LogP contribution in [0.3, 0.4) is 0 Å². The van der Waals surface area contributed by atoms with Crippen LogP contribution in [-0.2, 0) is 38.2 Å². The van der Waals surface area contributed by atoms with Gasteiger partial charge in [0.1, 0.15) is 23.7 Å². The highest BCUT2D eigenvalue weighted by Gasteiger charge is 2.62. The fourth-order valence-corrected chi connectivity index (χ4v) is 8.17. The highest BCUT2D eigenvalue weighted by molar-refractivity contribution is 9.10. The molecular weight excluding hydrogens is 670 g/mol. The van der Waals surface area contributed by atoms with E-state index < -0.39 is 63.1 Å². The van der Waals surface area contributed by atoms with Crippen LogP contribution < -0.4 is 10.6 Å². The number of hydrogen-bond acceptors (Lipinski definition) is 9. The van der Waals surface area contributed by atoms with Crippen molar-refractivity contribution in [2.75, 3.05) is 13.7 Å². The van der Waals surface area contributed by atoms with E-state index in [2.05, 4.69) is 26.6 Å². The molecule has 1 aliphatic heterocycles. The molecule has 5 rings (SSSR count). The summed E-state index contributed by atoms with van der Waals surface area (Å²) in [6, 6.07) is 3.63. The lowest BCUT2D eigenvalue weighted by Crippen LogP contribution is -2.59. The second-order valence-corrected chi connectivity index (χ2v) is 16.3. The third-order valence-corrected chi connectivity index (χ3v) is 11.5. The van der Waals surface area contributed by atoms with Gasteiger partial charge in [-0.05, 0) is 73.1 Å². The molecule has 1 aromatic rings. The Morgan fingerprint density at radius 2 is 1.69 bits per heavy atom. The number of rotatable bonds is 10. The van der Waals surface area contributed by atoms with Gasteiger partial charge in [-0.25, -0.2) is 9.59 Å². The van der Waals surface area contributed by atoms with Crippen LogP contribution in [0.25, 0.3) is 0 Å². The first-order valence-electron chi connectivity index (χ1n) is 15.4. The molecule has 4 aliphatic rings. The van der Waals surface area contributed by atoms with E-state index in [4.69, 9.17) is 13.7 Å². The predicted molar refractivity (Wildman–Crippen MR) is 165 cm³/mol. The number of ether oxygens (including phenoxy) is 2. The second-order valence-electron chi connectivity index (χ2n) is 13.8. The second kappa shape index (κ2) is 12.5. The van der Waals surface area contributed by atoms with Crippen molar-refractivity contribution in [3.8, 4) is 0 Å². The normalized spacial score (nSPS) is 31.0. The Bertz CT molecular complexity index is 1440. The summed E-state index contributed by atoms with van der Waals surface area (Å²) in [5, 5.41) is 5.54. The summed E-state index contributed by atoms with van der Waals surface area (Å²) < 4.78 is 43.2. The van der Waals surface area contributed by atoms with Gasteiger partial charge >= 0.3 is 12.1 Å². The van der Waals surface area contributed by atoms with Crippen molar-refractivity contribution in [3.63, 3.8) is 0 Å². The van der Waals surface area contributed by atoms with Gasteiger partial charge in [-0.2, -0.15) is 8.42 Å². The fraction of sp³-hybridized carbons (Fsp3) is 0.677.